The average molecular weight is 644 g/mol. The lowest BCUT2D eigenvalue weighted by atomic mass is 9.59. The van der Waals surface area contributed by atoms with E-state index in [0.717, 1.165) is 22.3 Å². The lowest BCUT2D eigenvalue weighted by Gasteiger charge is -2.24. The maximum absolute atomic E-state index is 5.33. The van der Waals surface area contributed by atoms with Crippen molar-refractivity contribution in [3.05, 3.63) is 121 Å². The summed E-state index contributed by atoms with van der Waals surface area (Å²) in [4.78, 5) is 15.7. The highest BCUT2D eigenvalue weighted by molar-refractivity contribution is 6.71. The Morgan fingerprint density at radius 1 is 0.314 bits per heavy atom. The zero-order valence-electron chi connectivity index (χ0n) is 30.4. The van der Waals surface area contributed by atoms with Crippen molar-refractivity contribution in [1.82, 2.24) is 15.0 Å². The summed E-state index contributed by atoms with van der Waals surface area (Å²) in [5, 5.41) is 5.00. The molecule has 0 spiro atoms. The zero-order valence-corrected chi connectivity index (χ0v) is 30.4. The van der Waals surface area contributed by atoms with E-state index in [1.165, 1.54) is 76.5 Å². The van der Waals surface area contributed by atoms with Gasteiger partial charge in [-0.2, -0.15) is 0 Å². The molecule has 1 aromatic heterocycles. The van der Waals surface area contributed by atoms with Gasteiger partial charge in [-0.3, -0.25) is 0 Å². The number of nitrogens with zero attached hydrogens (tertiary/aromatic N) is 3. The highest BCUT2D eigenvalue weighted by Gasteiger charge is 2.22. The molecule has 3 nitrogen and oxygen atoms in total. The number of fused-ring (bicyclic) bond motifs is 2. The van der Waals surface area contributed by atoms with Crippen molar-refractivity contribution < 1.29 is 0 Å². The van der Waals surface area contributed by atoms with Crippen LogP contribution in [0.3, 0.4) is 0 Å². The Morgan fingerprint density at radius 2 is 0.745 bits per heavy atom. The topological polar surface area (TPSA) is 38.7 Å². The second-order valence-electron chi connectivity index (χ2n) is 13.8. The predicted octanol–water partition coefficient (Wildman–Crippen LogP) is -1.68. The SMILES string of the molecule is Bc1c(B)c(B)c2c(-c3nc(-c4ccccc4)nc(-c4cccc(-c5ccc(-c6ccccc6)c6ccccc56)c4)n3)c(B)c(B)c(B)c2c1B. The number of benzene rings is 7. The Kier molecular flexibility index (Phi) is 8.34. The van der Waals surface area contributed by atoms with Crippen LogP contribution in [0, 0.1) is 0 Å². The van der Waals surface area contributed by atoms with E-state index < -0.39 is 0 Å². The molecule has 8 rings (SSSR count). The van der Waals surface area contributed by atoms with Crippen LogP contribution in [0.4, 0.5) is 0 Å². The van der Waals surface area contributed by atoms with Gasteiger partial charge in [0.05, 0.1) is 0 Å². The lowest BCUT2D eigenvalue weighted by molar-refractivity contribution is 1.08. The van der Waals surface area contributed by atoms with Crippen LogP contribution in [0.1, 0.15) is 0 Å². The van der Waals surface area contributed by atoms with Gasteiger partial charge in [0.1, 0.15) is 54.9 Å². The molecule has 1 heterocycles. The predicted molar refractivity (Wildman–Crippen MR) is 239 cm³/mol. The molecule has 0 unspecified atom stereocenters. The van der Waals surface area contributed by atoms with Crippen LogP contribution in [0.15, 0.2) is 121 Å². The molecule has 0 fully saturated rings. The molecule has 0 bridgehead atoms. The van der Waals surface area contributed by atoms with Gasteiger partial charge in [-0.15, -0.1) is 16.4 Å². The summed E-state index contributed by atoms with van der Waals surface area (Å²) in [6.07, 6.45) is 0. The normalized spacial score (nSPS) is 11.3. The van der Waals surface area contributed by atoms with Gasteiger partial charge in [0.2, 0.25) is 0 Å². The smallest absolute Gasteiger partial charge is 0.164 e. The molecule has 0 radical (unpaired) electrons. The molecular formula is C41H34B7N3. The lowest BCUT2D eigenvalue weighted by Crippen LogP contribution is -2.52. The third-order valence-electron chi connectivity index (χ3n) is 11.1. The van der Waals surface area contributed by atoms with E-state index in [1.54, 1.807) is 0 Å². The van der Waals surface area contributed by atoms with E-state index in [9.17, 15) is 0 Å². The average Bonchev–Trinajstić information content (AvgIpc) is 3.18. The second-order valence-corrected chi connectivity index (χ2v) is 13.8. The minimum absolute atomic E-state index is 0.662. The molecule has 7 aromatic carbocycles. The maximum Gasteiger partial charge on any atom is 0.164 e. The molecule has 8 aromatic rings. The Hall–Kier alpha value is -5.48. The summed E-state index contributed by atoms with van der Waals surface area (Å²) in [7, 11) is 15.7. The molecule has 0 aliphatic rings. The Bertz CT molecular complexity index is 2660. The third-order valence-corrected chi connectivity index (χ3v) is 11.1. The Balaban J connectivity index is 1.37. The molecule has 0 saturated carbocycles. The van der Waals surface area contributed by atoms with Gasteiger partial charge in [0, 0.05) is 16.7 Å². The van der Waals surface area contributed by atoms with E-state index in [2.05, 4.69) is 158 Å². The summed E-state index contributed by atoms with van der Waals surface area (Å²) >= 11 is 0. The van der Waals surface area contributed by atoms with Crippen molar-refractivity contribution in [3.63, 3.8) is 0 Å². The van der Waals surface area contributed by atoms with Crippen LogP contribution in [0.25, 0.3) is 78.0 Å². The molecule has 0 N–H and O–H groups in total. The van der Waals surface area contributed by atoms with Crippen molar-refractivity contribution in [2.75, 3.05) is 0 Å². The number of hydrogen-bond acceptors (Lipinski definition) is 3. The molecular weight excluding hydrogens is 610 g/mol. The molecule has 0 amide bonds. The van der Waals surface area contributed by atoms with E-state index in [0.29, 0.717) is 17.5 Å². The Morgan fingerprint density at radius 3 is 1.35 bits per heavy atom. The third kappa shape index (κ3) is 5.54. The van der Waals surface area contributed by atoms with Gasteiger partial charge < -0.3 is 0 Å². The van der Waals surface area contributed by atoms with E-state index in [1.807, 2.05) is 18.2 Å². The summed E-state index contributed by atoms with van der Waals surface area (Å²) in [5.74, 6) is 2.04. The molecule has 234 valence electrons. The highest BCUT2D eigenvalue weighted by Crippen LogP contribution is 2.37. The second kappa shape index (κ2) is 13.0. The van der Waals surface area contributed by atoms with E-state index in [-0.39, 0.29) is 0 Å². The molecule has 0 aliphatic heterocycles. The highest BCUT2D eigenvalue weighted by atomic mass is 15.0. The molecule has 51 heavy (non-hydrogen) atoms. The van der Waals surface area contributed by atoms with E-state index in [4.69, 9.17) is 15.0 Å². The van der Waals surface area contributed by atoms with Gasteiger partial charge in [-0.05, 0) is 49.9 Å². The van der Waals surface area contributed by atoms with Crippen molar-refractivity contribution in [3.8, 4) is 56.4 Å². The largest absolute Gasteiger partial charge is 0.208 e. The molecule has 0 saturated heterocycles. The van der Waals surface area contributed by atoms with Crippen LogP contribution in [0.5, 0.6) is 0 Å². The minimum atomic E-state index is 0.662. The fourth-order valence-electron chi connectivity index (χ4n) is 7.80. The molecule has 10 heteroatoms. The van der Waals surface area contributed by atoms with Crippen molar-refractivity contribution in [1.29, 1.82) is 0 Å². The van der Waals surface area contributed by atoms with Gasteiger partial charge in [-0.1, -0.05) is 137 Å². The Labute approximate surface area is 306 Å². The zero-order chi connectivity index (χ0) is 35.4. The van der Waals surface area contributed by atoms with Crippen LogP contribution < -0.4 is 38.2 Å². The van der Waals surface area contributed by atoms with Crippen molar-refractivity contribution >= 4 is 115 Å². The van der Waals surface area contributed by atoms with Gasteiger partial charge >= 0.3 is 0 Å². The molecule has 0 atom stereocenters. The van der Waals surface area contributed by atoms with Crippen molar-refractivity contribution in [2.45, 2.75) is 0 Å². The van der Waals surface area contributed by atoms with Gasteiger partial charge in [-0.25, -0.2) is 15.0 Å². The number of hydrogen-bond donors (Lipinski definition) is 0. The van der Waals surface area contributed by atoms with Crippen LogP contribution in [0.2, 0.25) is 0 Å². The van der Waals surface area contributed by atoms with Crippen LogP contribution >= 0.6 is 0 Å². The van der Waals surface area contributed by atoms with Gasteiger partial charge in [0.15, 0.2) is 17.5 Å². The summed E-state index contributed by atoms with van der Waals surface area (Å²) < 4.78 is 0. The summed E-state index contributed by atoms with van der Waals surface area (Å²) in [6.45, 7) is 0. The fraction of sp³-hybridized carbons (Fsp3) is 0. The first-order chi connectivity index (χ1) is 24.7. The van der Waals surface area contributed by atoms with Crippen LogP contribution in [-0.2, 0) is 0 Å². The first-order valence-corrected chi connectivity index (χ1v) is 17.7. The minimum Gasteiger partial charge on any atom is -0.208 e. The van der Waals surface area contributed by atoms with Gasteiger partial charge in [0.25, 0.3) is 0 Å². The number of aromatic nitrogens is 3. The quantitative estimate of drug-likeness (QED) is 0.211. The maximum atomic E-state index is 5.33. The summed E-state index contributed by atoms with van der Waals surface area (Å²) in [6, 6.07) is 42.7. The standard InChI is InChI=1S/C41H34B7N3/c42-32-29-30(34(44)38(48)37(32)47)33(43)36(46)35(45)31(29)41-50-39(22-12-5-2-6-13-22)49-40(51-41)24-15-9-14-23(20-24)26-19-18-25(21-10-3-1-4-11-21)27-16-7-8-17-28(26)27/h1-20H,42-48H2. The van der Waals surface area contributed by atoms with E-state index >= 15 is 0 Å². The van der Waals surface area contributed by atoms with Crippen LogP contribution in [-0.4, -0.2) is 69.9 Å². The first-order valence-electron chi connectivity index (χ1n) is 17.7. The number of rotatable bonds is 5. The first kappa shape index (κ1) is 32.7. The molecule has 0 aliphatic carbocycles. The monoisotopic (exact) mass is 645 g/mol. The van der Waals surface area contributed by atoms with Crippen molar-refractivity contribution in [2.24, 2.45) is 0 Å². The fourth-order valence-corrected chi connectivity index (χ4v) is 7.80. The summed E-state index contributed by atoms with van der Waals surface area (Å²) in [5.41, 5.74) is 16.8.